The summed E-state index contributed by atoms with van der Waals surface area (Å²) in [6.07, 6.45) is 2.20. The van der Waals surface area contributed by atoms with Crippen molar-refractivity contribution in [3.63, 3.8) is 0 Å². The predicted octanol–water partition coefficient (Wildman–Crippen LogP) is 5.15. The van der Waals surface area contributed by atoms with Crippen LogP contribution in [0.1, 0.15) is 12.1 Å². The Morgan fingerprint density at radius 1 is 1.00 bits per heavy atom. The fraction of sp³-hybridized carbons (Fsp3) is 0.0909. The number of hydrogen-bond donors (Lipinski definition) is 1. The van der Waals surface area contributed by atoms with E-state index in [1.54, 1.807) is 18.3 Å². The van der Waals surface area contributed by atoms with Crippen LogP contribution in [0.4, 0.5) is 21.5 Å². The van der Waals surface area contributed by atoms with Gasteiger partial charge >= 0.3 is 0 Å². The molecule has 0 aliphatic carbocycles. The van der Waals surface area contributed by atoms with E-state index in [2.05, 4.69) is 10.3 Å². The number of carbonyl (C=O) groups excluding carboxylic acids is 1. The number of thioether (sulfide) groups is 1. The largest absolute Gasteiger partial charge is 0.325 e. The van der Waals surface area contributed by atoms with Crippen molar-refractivity contribution in [3.05, 3.63) is 84.4 Å². The lowest BCUT2D eigenvalue weighted by atomic mass is 10.2. The smallest absolute Gasteiger partial charge is 0.234 e. The summed E-state index contributed by atoms with van der Waals surface area (Å²) in [5.74, 6) is -0.457. The number of aromatic nitrogens is 1. The number of carbonyl (C=O) groups is 1. The maximum atomic E-state index is 13.3. The Kier molecular flexibility index (Phi) is 5.76. The topological polar surface area (TPSA) is 66.7 Å². The van der Waals surface area contributed by atoms with Gasteiger partial charge in [-0.2, -0.15) is 0 Å². The van der Waals surface area contributed by atoms with E-state index in [9.17, 15) is 9.18 Å². The van der Waals surface area contributed by atoms with Crippen LogP contribution < -0.4 is 5.32 Å². The minimum Gasteiger partial charge on any atom is -0.325 e. The summed E-state index contributed by atoms with van der Waals surface area (Å²) in [5, 5.41) is 3.47. The Bertz CT molecular complexity index is 1100. The van der Waals surface area contributed by atoms with Gasteiger partial charge in [-0.1, -0.05) is 24.3 Å². The molecule has 1 amide bonds. The highest BCUT2D eigenvalue weighted by Crippen LogP contribution is 2.33. The zero-order valence-corrected chi connectivity index (χ0v) is 16.2. The van der Waals surface area contributed by atoms with Gasteiger partial charge in [-0.3, -0.25) is 9.78 Å². The van der Waals surface area contributed by atoms with Crippen molar-refractivity contribution in [1.29, 1.82) is 0 Å². The summed E-state index contributed by atoms with van der Waals surface area (Å²) in [5.41, 5.74) is 3.54. The van der Waals surface area contributed by atoms with Crippen LogP contribution in [0.25, 0.3) is 0 Å². The summed E-state index contributed by atoms with van der Waals surface area (Å²) in [4.78, 5) is 26.2. The Hall–Kier alpha value is -3.32. The van der Waals surface area contributed by atoms with Gasteiger partial charge in [0.1, 0.15) is 5.82 Å². The van der Waals surface area contributed by atoms with Crippen molar-refractivity contribution in [1.82, 2.24) is 4.98 Å². The lowest BCUT2D eigenvalue weighted by molar-refractivity contribution is -0.113. The van der Waals surface area contributed by atoms with E-state index in [1.165, 1.54) is 23.9 Å². The number of hydrogen-bond acceptors (Lipinski definition) is 5. The summed E-state index contributed by atoms with van der Waals surface area (Å²) in [6, 6.07) is 19.1. The number of nitrogens with zero attached hydrogens (tertiary/aromatic N) is 3. The Morgan fingerprint density at radius 3 is 2.55 bits per heavy atom. The molecule has 1 N–H and O–H groups in total. The number of nitrogens with one attached hydrogen (secondary N) is 1. The second-order valence-electron chi connectivity index (χ2n) is 6.29. The van der Waals surface area contributed by atoms with Crippen LogP contribution in [-0.4, -0.2) is 27.4 Å². The van der Waals surface area contributed by atoms with Crippen molar-refractivity contribution in [2.75, 3.05) is 11.1 Å². The molecule has 29 heavy (non-hydrogen) atoms. The van der Waals surface area contributed by atoms with E-state index in [1.807, 2.05) is 42.5 Å². The third-order valence-corrected chi connectivity index (χ3v) is 5.12. The molecule has 1 aliphatic rings. The minimum atomic E-state index is -0.392. The maximum absolute atomic E-state index is 13.3. The quantitative estimate of drug-likeness (QED) is 0.654. The number of fused-ring (bicyclic) bond motifs is 1. The first-order valence-corrected chi connectivity index (χ1v) is 10.00. The van der Waals surface area contributed by atoms with Crippen LogP contribution in [0.3, 0.4) is 0 Å². The molecule has 7 heteroatoms. The van der Waals surface area contributed by atoms with Gasteiger partial charge in [-0.15, -0.1) is 11.8 Å². The maximum Gasteiger partial charge on any atom is 0.234 e. The molecule has 3 aromatic rings. The van der Waals surface area contributed by atoms with E-state index < -0.39 is 5.82 Å². The van der Waals surface area contributed by atoms with Gasteiger partial charge < -0.3 is 5.32 Å². The molecule has 0 atom stereocenters. The molecule has 0 bridgehead atoms. The highest BCUT2D eigenvalue weighted by Gasteiger charge is 2.17. The van der Waals surface area contributed by atoms with Crippen LogP contribution in [0.5, 0.6) is 0 Å². The fourth-order valence-corrected chi connectivity index (χ4v) is 3.60. The van der Waals surface area contributed by atoms with E-state index in [4.69, 9.17) is 9.98 Å². The molecule has 1 aliphatic heterocycles. The van der Waals surface area contributed by atoms with Crippen molar-refractivity contribution in [3.8, 4) is 0 Å². The third-order valence-electron chi connectivity index (χ3n) is 4.14. The average molecular weight is 404 g/mol. The van der Waals surface area contributed by atoms with Crippen molar-refractivity contribution >= 4 is 45.5 Å². The van der Waals surface area contributed by atoms with Gasteiger partial charge in [0.15, 0.2) is 0 Å². The molecule has 1 aromatic heterocycles. The van der Waals surface area contributed by atoms with Gasteiger partial charge in [0.2, 0.25) is 5.91 Å². The first kappa shape index (κ1) is 19.0. The second-order valence-corrected chi connectivity index (χ2v) is 7.34. The number of rotatable bonds is 4. The van der Waals surface area contributed by atoms with Crippen molar-refractivity contribution < 1.29 is 9.18 Å². The van der Waals surface area contributed by atoms with Crippen molar-refractivity contribution in [2.45, 2.75) is 6.42 Å². The normalized spacial score (nSPS) is 13.0. The van der Waals surface area contributed by atoms with Gasteiger partial charge in [-0.05, 0) is 42.5 Å². The van der Waals surface area contributed by atoms with E-state index in [0.717, 1.165) is 27.8 Å². The third kappa shape index (κ3) is 4.94. The van der Waals surface area contributed by atoms with E-state index in [-0.39, 0.29) is 11.7 Å². The van der Waals surface area contributed by atoms with Crippen LogP contribution in [0.2, 0.25) is 0 Å². The fourth-order valence-electron chi connectivity index (χ4n) is 2.83. The predicted molar refractivity (Wildman–Crippen MR) is 116 cm³/mol. The molecule has 0 saturated heterocycles. The van der Waals surface area contributed by atoms with Crippen LogP contribution in [0, 0.1) is 5.82 Å². The number of amides is 1. The lowest BCUT2D eigenvalue weighted by Gasteiger charge is -2.08. The summed E-state index contributed by atoms with van der Waals surface area (Å²) in [7, 11) is 0. The van der Waals surface area contributed by atoms with E-state index >= 15 is 0 Å². The molecule has 0 spiro atoms. The molecule has 0 radical (unpaired) electrons. The van der Waals surface area contributed by atoms with Gasteiger partial charge in [0.25, 0.3) is 0 Å². The molecule has 4 rings (SSSR count). The van der Waals surface area contributed by atoms with Gasteiger partial charge in [-0.25, -0.2) is 14.4 Å². The molecular formula is C22H17FN4OS. The van der Waals surface area contributed by atoms with E-state index in [0.29, 0.717) is 12.1 Å². The summed E-state index contributed by atoms with van der Waals surface area (Å²) in [6.45, 7) is 0. The Labute approximate surface area is 171 Å². The Morgan fingerprint density at radius 2 is 1.79 bits per heavy atom. The molecule has 2 aromatic carbocycles. The number of pyridine rings is 1. The highest BCUT2D eigenvalue weighted by atomic mass is 32.2. The van der Waals surface area contributed by atoms with Crippen LogP contribution in [-0.2, 0) is 4.79 Å². The summed E-state index contributed by atoms with van der Waals surface area (Å²) >= 11 is 1.34. The molecule has 0 saturated carbocycles. The van der Waals surface area contributed by atoms with Crippen molar-refractivity contribution in [2.24, 2.45) is 9.98 Å². The number of benzene rings is 2. The lowest BCUT2D eigenvalue weighted by Crippen LogP contribution is -2.16. The molecule has 2 heterocycles. The minimum absolute atomic E-state index is 0.160. The molecule has 0 fully saturated rings. The standard InChI is InChI=1S/C22H17FN4OS/c23-15-6-5-7-16(12-15)25-21(28)14-29-22-13-20(17-8-3-4-11-24-17)26-18-9-1-2-10-19(18)27-22/h1-12H,13-14H2,(H,25,28). The average Bonchev–Trinajstić information content (AvgIpc) is 2.92. The number of anilines is 1. The Balaban J connectivity index is 1.51. The number of para-hydroxylation sites is 2. The number of halogens is 1. The molecule has 0 unspecified atom stereocenters. The highest BCUT2D eigenvalue weighted by molar-refractivity contribution is 8.14. The van der Waals surface area contributed by atoms with Crippen LogP contribution >= 0.6 is 11.8 Å². The second kappa shape index (κ2) is 8.79. The molecule has 144 valence electrons. The zero-order chi connectivity index (χ0) is 20.1. The summed E-state index contributed by atoms with van der Waals surface area (Å²) < 4.78 is 13.3. The molecule has 5 nitrogen and oxygen atoms in total. The first-order valence-electron chi connectivity index (χ1n) is 9.01. The molecular weight excluding hydrogens is 387 g/mol. The SMILES string of the molecule is O=C(CSC1=Nc2ccccc2N=C(c2ccccn2)C1)Nc1cccc(F)c1. The zero-order valence-electron chi connectivity index (χ0n) is 15.4. The monoisotopic (exact) mass is 404 g/mol. The van der Waals surface area contributed by atoms with Crippen LogP contribution in [0.15, 0.2) is 82.9 Å². The van der Waals surface area contributed by atoms with Gasteiger partial charge in [0.05, 0.1) is 33.6 Å². The first-order chi connectivity index (χ1) is 14.2. The van der Waals surface area contributed by atoms with Gasteiger partial charge in [0, 0.05) is 18.3 Å². The number of aliphatic imine (C=N–C) groups is 2.